The van der Waals surface area contributed by atoms with Crippen molar-refractivity contribution in [3.05, 3.63) is 71.5 Å². The van der Waals surface area contributed by atoms with Gasteiger partial charge >= 0.3 is 0 Å². The van der Waals surface area contributed by atoms with Crippen LogP contribution in [-0.2, 0) is 15.0 Å². The Hall–Kier alpha value is -3.25. The molecular formula is C30H42N4O2. The van der Waals surface area contributed by atoms with Gasteiger partial charge in [-0.3, -0.25) is 14.6 Å². The van der Waals surface area contributed by atoms with Gasteiger partial charge in [-0.25, -0.2) is 9.97 Å². The standard InChI is InChI=1S/C17H20N2O.C8H11NO.C5H11N/c1-11-8-14(15-9-18-13(3)19-10-15)6-7-16(11)17(4,5)12(2)20;1-7(2)4-9-5-8(3)6-10;1-6-5-3-2-4-5/h6-10H,1-5H3;4-6H,1H2,2-3H3;5-6H,2-4H2,1H3/b;8-5+,9-4?;. The Bertz CT molecular complexity index is 1080. The quantitative estimate of drug-likeness (QED) is 0.287. The van der Waals surface area contributed by atoms with E-state index in [1.807, 2.05) is 66.2 Å². The van der Waals surface area contributed by atoms with Crippen molar-refractivity contribution in [2.24, 2.45) is 4.99 Å². The maximum Gasteiger partial charge on any atom is 0.147 e. The van der Waals surface area contributed by atoms with Gasteiger partial charge in [0.15, 0.2) is 0 Å². The number of hydrogen-bond acceptors (Lipinski definition) is 6. The Morgan fingerprint density at radius 3 is 2.11 bits per heavy atom. The number of aldehydes is 1. The molecule has 2 aromatic rings. The molecule has 0 spiro atoms. The van der Waals surface area contributed by atoms with E-state index >= 15 is 0 Å². The van der Waals surface area contributed by atoms with Crippen LogP contribution in [-0.4, -0.2) is 41.3 Å². The van der Waals surface area contributed by atoms with Crippen molar-refractivity contribution in [1.29, 1.82) is 0 Å². The van der Waals surface area contributed by atoms with Crippen molar-refractivity contribution >= 4 is 18.3 Å². The molecule has 36 heavy (non-hydrogen) atoms. The lowest BCUT2D eigenvalue weighted by Gasteiger charge is -2.24. The van der Waals surface area contributed by atoms with Crippen molar-refractivity contribution < 1.29 is 9.59 Å². The van der Waals surface area contributed by atoms with E-state index in [1.54, 1.807) is 20.1 Å². The molecule has 194 valence electrons. The van der Waals surface area contributed by atoms with Crippen LogP contribution in [0.25, 0.3) is 11.1 Å². The molecule has 1 saturated carbocycles. The van der Waals surface area contributed by atoms with Crippen LogP contribution in [0.4, 0.5) is 0 Å². The van der Waals surface area contributed by atoms with Gasteiger partial charge in [0.2, 0.25) is 0 Å². The van der Waals surface area contributed by atoms with Gasteiger partial charge in [-0.1, -0.05) is 31.2 Å². The lowest BCUT2D eigenvalue weighted by atomic mass is 9.78. The van der Waals surface area contributed by atoms with E-state index < -0.39 is 5.41 Å². The van der Waals surface area contributed by atoms with Gasteiger partial charge in [-0.05, 0) is 90.6 Å². The molecule has 3 rings (SSSR count). The van der Waals surface area contributed by atoms with Crippen LogP contribution in [0, 0.1) is 13.8 Å². The highest BCUT2D eigenvalue weighted by atomic mass is 16.1. The molecule has 0 unspecified atom stereocenters. The predicted molar refractivity (Wildman–Crippen MR) is 150 cm³/mol. The molecule has 1 aromatic carbocycles. The number of carbonyl (C=O) groups excluding carboxylic acids is 2. The molecule has 0 radical (unpaired) electrons. The first kappa shape index (κ1) is 30.8. The summed E-state index contributed by atoms with van der Waals surface area (Å²) in [5.74, 6) is 0.937. The smallest absolute Gasteiger partial charge is 0.147 e. The summed E-state index contributed by atoms with van der Waals surface area (Å²) >= 11 is 0. The topological polar surface area (TPSA) is 84.3 Å². The Morgan fingerprint density at radius 1 is 1.11 bits per heavy atom. The van der Waals surface area contributed by atoms with E-state index in [1.165, 1.54) is 25.5 Å². The van der Waals surface area contributed by atoms with E-state index in [4.69, 9.17) is 0 Å². The third kappa shape index (κ3) is 10.2. The maximum absolute atomic E-state index is 11.8. The summed E-state index contributed by atoms with van der Waals surface area (Å²) in [6, 6.07) is 7.02. The number of nitrogens with zero attached hydrogens (tertiary/aromatic N) is 3. The van der Waals surface area contributed by atoms with Gasteiger partial charge in [-0.15, -0.1) is 0 Å². The molecule has 0 amide bonds. The first-order chi connectivity index (χ1) is 16.9. The number of aromatic nitrogens is 2. The normalized spacial score (nSPS) is 13.6. The minimum atomic E-state index is -0.452. The summed E-state index contributed by atoms with van der Waals surface area (Å²) in [7, 11) is 2.03. The molecular weight excluding hydrogens is 448 g/mol. The first-order valence-corrected chi connectivity index (χ1v) is 12.3. The number of nitrogens with one attached hydrogen (secondary N) is 1. The summed E-state index contributed by atoms with van der Waals surface area (Å²) in [5.41, 5.74) is 5.28. The van der Waals surface area contributed by atoms with Crippen LogP contribution >= 0.6 is 0 Å². The lowest BCUT2D eigenvalue weighted by Crippen LogP contribution is -2.31. The summed E-state index contributed by atoms with van der Waals surface area (Å²) in [6.45, 7) is 16.6. The second kappa shape index (κ2) is 15.0. The summed E-state index contributed by atoms with van der Waals surface area (Å²) < 4.78 is 0. The molecule has 1 heterocycles. The lowest BCUT2D eigenvalue weighted by molar-refractivity contribution is -0.121. The van der Waals surface area contributed by atoms with Crippen molar-refractivity contribution in [3.63, 3.8) is 0 Å². The molecule has 1 aromatic heterocycles. The number of Topliss-reactive ketones (excluding diaryl/α,β-unsaturated/α-hetero) is 1. The van der Waals surface area contributed by atoms with E-state index in [2.05, 4.69) is 32.9 Å². The Labute approximate surface area is 217 Å². The minimum Gasteiger partial charge on any atom is -0.317 e. The fraction of sp³-hybridized carbons (Fsp3) is 0.433. The Morgan fingerprint density at radius 2 is 1.72 bits per heavy atom. The van der Waals surface area contributed by atoms with E-state index in [0.717, 1.165) is 46.0 Å². The molecule has 6 heteroatoms. The highest BCUT2D eigenvalue weighted by Gasteiger charge is 2.27. The molecule has 1 aliphatic carbocycles. The number of aryl methyl sites for hydroxylation is 2. The second-order valence-electron chi connectivity index (χ2n) is 9.76. The highest BCUT2D eigenvalue weighted by molar-refractivity contribution is 5.87. The van der Waals surface area contributed by atoms with E-state index in [0.29, 0.717) is 5.57 Å². The van der Waals surface area contributed by atoms with Crippen LogP contribution in [0.15, 0.2) is 59.5 Å². The Balaban J connectivity index is 0.000000335. The molecule has 1 N–H and O–H groups in total. The fourth-order valence-electron chi connectivity index (χ4n) is 3.29. The van der Waals surface area contributed by atoms with Gasteiger partial charge in [-0.2, -0.15) is 0 Å². The van der Waals surface area contributed by atoms with Crippen LogP contribution in [0.5, 0.6) is 0 Å². The average Bonchev–Trinajstić information content (AvgIpc) is 2.79. The number of carbonyl (C=O) groups is 2. The molecule has 6 nitrogen and oxygen atoms in total. The van der Waals surface area contributed by atoms with Crippen LogP contribution in [0.2, 0.25) is 0 Å². The van der Waals surface area contributed by atoms with E-state index in [9.17, 15) is 9.59 Å². The number of aliphatic imine (C=N–C) groups is 1. The number of ketones is 1. The maximum atomic E-state index is 11.8. The van der Waals surface area contributed by atoms with Gasteiger partial charge in [0.1, 0.15) is 17.9 Å². The molecule has 0 bridgehead atoms. The number of rotatable bonds is 7. The zero-order valence-electron chi connectivity index (χ0n) is 23.2. The van der Waals surface area contributed by atoms with Crippen LogP contribution < -0.4 is 5.32 Å². The predicted octanol–water partition coefficient (Wildman–Crippen LogP) is 6.12. The van der Waals surface area contributed by atoms with Crippen LogP contribution in [0.3, 0.4) is 0 Å². The summed E-state index contributed by atoms with van der Waals surface area (Å²) in [6.07, 6.45) is 11.8. The monoisotopic (exact) mass is 490 g/mol. The van der Waals surface area contributed by atoms with Crippen molar-refractivity contribution in [2.75, 3.05) is 7.05 Å². The van der Waals surface area contributed by atoms with Gasteiger partial charge in [0.05, 0.1) is 0 Å². The summed E-state index contributed by atoms with van der Waals surface area (Å²) in [4.78, 5) is 34.1. The van der Waals surface area contributed by atoms with Gasteiger partial charge in [0, 0.05) is 47.4 Å². The Kier molecular flexibility index (Phi) is 12.8. The molecule has 1 fully saturated rings. The molecule has 1 aliphatic rings. The number of allylic oxidation sites excluding steroid dienone is 2. The first-order valence-electron chi connectivity index (χ1n) is 12.3. The fourth-order valence-corrected chi connectivity index (χ4v) is 3.29. The van der Waals surface area contributed by atoms with Crippen molar-refractivity contribution in [2.45, 2.75) is 79.2 Å². The van der Waals surface area contributed by atoms with Gasteiger partial charge < -0.3 is 5.32 Å². The average molecular weight is 491 g/mol. The largest absolute Gasteiger partial charge is 0.317 e. The molecule has 0 saturated heterocycles. The molecule has 0 atom stereocenters. The van der Waals surface area contributed by atoms with Crippen LogP contribution in [0.1, 0.15) is 70.8 Å². The zero-order chi connectivity index (χ0) is 27.3. The second-order valence-corrected chi connectivity index (χ2v) is 9.76. The molecule has 0 aliphatic heterocycles. The minimum absolute atomic E-state index is 0.173. The van der Waals surface area contributed by atoms with E-state index in [-0.39, 0.29) is 5.78 Å². The van der Waals surface area contributed by atoms with Gasteiger partial charge in [0.25, 0.3) is 0 Å². The number of benzene rings is 1. The zero-order valence-corrected chi connectivity index (χ0v) is 23.2. The van der Waals surface area contributed by atoms with Crippen molar-refractivity contribution in [1.82, 2.24) is 15.3 Å². The third-order valence-corrected chi connectivity index (χ3v) is 6.17. The highest BCUT2D eigenvalue weighted by Crippen LogP contribution is 2.30. The SMILES string of the molecule is C=C(C)C=N/C=C(\C)C=O.CC(=O)C(C)(C)c1ccc(-c2cnc(C)nc2)cc1C.CNC1CCC1. The summed E-state index contributed by atoms with van der Waals surface area (Å²) in [5, 5.41) is 3.20. The third-order valence-electron chi connectivity index (χ3n) is 6.17. The number of hydrogen-bond donors (Lipinski definition) is 1. The van der Waals surface area contributed by atoms with Crippen molar-refractivity contribution in [3.8, 4) is 11.1 Å².